The highest BCUT2D eigenvalue weighted by atomic mass is 35.5. The normalized spacial score (nSPS) is 15.0. The molecule has 2 N–H and O–H groups in total. The zero-order chi connectivity index (χ0) is 22.8. The molecule has 0 bridgehead atoms. The molecule has 2 amide bonds. The van der Waals surface area contributed by atoms with E-state index in [1.165, 1.54) is 16.4 Å². The van der Waals surface area contributed by atoms with Crippen LogP contribution in [-0.2, 0) is 14.8 Å². The number of amides is 2. The van der Waals surface area contributed by atoms with Crippen LogP contribution in [0, 0.1) is 5.41 Å². The van der Waals surface area contributed by atoms with Gasteiger partial charge in [0.2, 0.25) is 15.9 Å². The summed E-state index contributed by atoms with van der Waals surface area (Å²) in [6, 6.07) is 10.9. The van der Waals surface area contributed by atoms with Crippen LogP contribution in [0.5, 0.6) is 0 Å². The Morgan fingerprint density at radius 2 is 1.61 bits per heavy atom. The molecule has 0 aromatic heterocycles. The zero-order valence-electron chi connectivity index (χ0n) is 17.7. The minimum Gasteiger partial charge on any atom is -0.326 e. The summed E-state index contributed by atoms with van der Waals surface area (Å²) in [7, 11) is -3.72. The molecule has 9 heteroatoms. The summed E-state index contributed by atoms with van der Waals surface area (Å²) in [6.07, 6.45) is 1.63. The molecule has 0 unspecified atom stereocenters. The van der Waals surface area contributed by atoms with Crippen LogP contribution in [0.25, 0.3) is 0 Å². The molecule has 3 rings (SSSR count). The van der Waals surface area contributed by atoms with Gasteiger partial charge in [-0.2, -0.15) is 4.31 Å². The van der Waals surface area contributed by atoms with E-state index in [1.807, 2.05) is 0 Å². The van der Waals surface area contributed by atoms with Crippen molar-refractivity contribution in [2.45, 2.75) is 38.5 Å². The monoisotopic (exact) mass is 463 g/mol. The Hall–Kier alpha value is -2.42. The van der Waals surface area contributed by atoms with Crippen LogP contribution in [-0.4, -0.2) is 37.6 Å². The number of anilines is 2. The molecule has 31 heavy (non-hydrogen) atoms. The van der Waals surface area contributed by atoms with E-state index < -0.39 is 21.3 Å². The van der Waals surface area contributed by atoms with Crippen LogP contribution in [0.15, 0.2) is 47.4 Å². The first kappa shape index (κ1) is 23.2. The number of nitrogens with zero attached hydrogens (tertiary/aromatic N) is 1. The minimum atomic E-state index is -3.72. The van der Waals surface area contributed by atoms with Gasteiger partial charge in [-0.1, -0.05) is 38.4 Å². The molecule has 1 aliphatic rings. The van der Waals surface area contributed by atoms with Gasteiger partial charge in [0.15, 0.2) is 0 Å². The maximum Gasteiger partial charge on any atom is 0.255 e. The molecule has 0 radical (unpaired) electrons. The van der Waals surface area contributed by atoms with Crippen molar-refractivity contribution in [1.82, 2.24) is 4.31 Å². The van der Waals surface area contributed by atoms with E-state index >= 15 is 0 Å². The van der Waals surface area contributed by atoms with E-state index in [0.717, 1.165) is 12.8 Å². The van der Waals surface area contributed by atoms with Crippen molar-refractivity contribution in [3.05, 3.63) is 53.1 Å². The smallest absolute Gasteiger partial charge is 0.255 e. The molecule has 1 fully saturated rings. The van der Waals surface area contributed by atoms with Crippen LogP contribution >= 0.6 is 11.6 Å². The number of hydrogen-bond donors (Lipinski definition) is 2. The summed E-state index contributed by atoms with van der Waals surface area (Å²) in [5.74, 6) is -0.599. The Kier molecular flexibility index (Phi) is 6.73. The maximum absolute atomic E-state index is 12.9. The number of rotatable bonds is 5. The molecule has 7 nitrogen and oxygen atoms in total. The third kappa shape index (κ3) is 5.44. The van der Waals surface area contributed by atoms with Crippen molar-refractivity contribution in [2.75, 3.05) is 23.7 Å². The molecule has 1 saturated heterocycles. The number of carbonyl (C=O) groups excluding carboxylic acids is 2. The number of sulfonamides is 1. The third-order valence-electron chi connectivity index (χ3n) is 4.94. The van der Waals surface area contributed by atoms with Crippen molar-refractivity contribution in [3.8, 4) is 0 Å². The molecule has 166 valence electrons. The van der Waals surface area contributed by atoms with E-state index in [0.29, 0.717) is 30.0 Å². The summed E-state index contributed by atoms with van der Waals surface area (Å²) in [4.78, 5) is 24.9. The molecule has 0 saturated carbocycles. The quantitative estimate of drug-likeness (QED) is 0.688. The van der Waals surface area contributed by atoms with E-state index in [1.54, 1.807) is 51.1 Å². The Morgan fingerprint density at radius 3 is 2.26 bits per heavy atom. The van der Waals surface area contributed by atoms with Gasteiger partial charge >= 0.3 is 0 Å². The lowest BCUT2D eigenvalue weighted by Crippen LogP contribution is -2.28. The van der Waals surface area contributed by atoms with Gasteiger partial charge < -0.3 is 10.6 Å². The highest BCUT2D eigenvalue weighted by Crippen LogP contribution is 2.30. The van der Waals surface area contributed by atoms with Crippen molar-refractivity contribution in [3.63, 3.8) is 0 Å². The van der Waals surface area contributed by atoms with Crippen LogP contribution in [0.3, 0.4) is 0 Å². The average molecular weight is 464 g/mol. The molecule has 2 aromatic carbocycles. The molecular weight excluding hydrogens is 438 g/mol. The first-order valence-electron chi connectivity index (χ1n) is 10.0. The predicted molar refractivity (Wildman–Crippen MR) is 122 cm³/mol. The Bertz CT molecular complexity index is 1100. The lowest BCUT2D eigenvalue weighted by atomic mass is 9.95. The topological polar surface area (TPSA) is 95.6 Å². The van der Waals surface area contributed by atoms with Gasteiger partial charge in [-0.05, 0) is 49.2 Å². The minimum absolute atomic E-state index is 0.0277. The van der Waals surface area contributed by atoms with E-state index in [4.69, 9.17) is 11.6 Å². The number of hydrogen-bond acceptors (Lipinski definition) is 4. The van der Waals surface area contributed by atoms with Crippen LogP contribution in [0.1, 0.15) is 44.0 Å². The van der Waals surface area contributed by atoms with Gasteiger partial charge in [0, 0.05) is 35.4 Å². The molecular formula is C22H26ClN3O4S. The van der Waals surface area contributed by atoms with E-state index in [2.05, 4.69) is 10.6 Å². The summed E-state index contributed by atoms with van der Waals surface area (Å²) in [5, 5.41) is 5.60. The maximum atomic E-state index is 12.9. The molecule has 2 aromatic rings. The Morgan fingerprint density at radius 1 is 0.968 bits per heavy atom. The standard InChI is InChI=1S/C22H26ClN3O4S/c1-22(2,3)21(28)25-16-8-6-7-15(13-16)20(27)24-17-9-10-18(23)19(14-17)31(29,30)26-11-4-5-12-26/h6-10,13-14H,4-5,11-12H2,1-3H3,(H,24,27)(H,25,28). The summed E-state index contributed by atoms with van der Waals surface area (Å²) in [5.41, 5.74) is 0.571. The summed E-state index contributed by atoms with van der Waals surface area (Å²) in [6.45, 7) is 6.32. The van der Waals surface area contributed by atoms with E-state index in [9.17, 15) is 18.0 Å². The molecule has 1 aliphatic heterocycles. The second kappa shape index (κ2) is 8.98. The van der Waals surface area contributed by atoms with Gasteiger partial charge in [0.05, 0.1) is 5.02 Å². The van der Waals surface area contributed by atoms with Crippen LogP contribution in [0.2, 0.25) is 5.02 Å². The predicted octanol–water partition coefficient (Wildman–Crippen LogP) is 4.36. The van der Waals surface area contributed by atoms with E-state index in [-0.39, 0.29) is 15.8 Å². The first-order chi connectivity index (χ1) is 14.5. The van der Waals surface area contributed by atoms with Crippen LogP contribution in [0.4, 0.5) is 11.4 Å². The van der Waals surface area contributed by atoms with Gasteiger partial charge in [0.25, 0.3) is 5.91 Å². The number of halogens is 1. The SMILES string of the molecule is CC(C)(C)C(=O)Nc1cccc(C(=O)Nc2ccc(Cl)c(S(=O)(=O)N3CCCC3)c2)c1. The lowest BCUT2D eigenvalue weighted by molar-refractivity contribution is -0.123. The average Bonchev–Trinajstić information content (AvgIpc) is 3.24. The Labute approximate surface area is 187 Å². The molecule has 1 heterocycles. The highest BCUT2D eigenvalue weighted by molar-refractivity contribution is 7.89. The second-order valence-electron chi connectivity index (χ2n) is 8.50. The van der Waals surface area contributed by atoms with Crippen molar-refractivity contribution in [1.29, 1.82) is 0 Å². The lowest BCUT2D eigenvalue weighted by Gasteiger charge is -2.18. The molecule has 0 atom stereocenters. The first-order valence-corrected chi connectivity index (χ1v) is 11.8. The van der Waals surface area contributed by atoms with Gasteiger partial charge in [-0.3, -0.25) is 9.59 Å². The fourth-order valence-electron chi connectivity index (χ4n) is 3.11. The fraction of sp³-hybridized carbons (Fsp3) is 0.364. The van der Waals surface area contributed by atoms with Gasteiger partial charge in [-0.15, -0.1) is 0 Å². The number of nitrogens with one attached hydrogen (secondary N) is 2. The van der Waals surface area contributed by atoms with Crippen LogP contribution < -0.4 is 10.6 Å². The fourth-order valence-corrected chi connectivity index (χ4v) is 5.12. The largest absolute Gasteiger partial charge is 0.326 e. The Balaban J connectivity index is 1.80. The van der Waals surface area contributed by atoms with Crippen molar-refractivity contribution < 1.29 is 18.0 Å². The molecule has 0 aliphatic carbocycles. The molecule has 0 spiro atoms. The van der Waals surface area contributed by atoms with Gasteiger partial charge in [-0.25, -0.2) is 8.42 Å². The summed E-state index contributed by atoms with van der Waals surface area (Å²) >= 11 is 6.16. The van der Waals surface area contributed by atoms with Gasteiger partial charge in [0.1, 0.15) is 4.90 Å². The zero-order valence-corrected chi connectivity index (χ0v) is 19.3. The number of benzene rings is 2. The highest BCUT2D eigenvalue weighted by Gasteiger charge is 2.29. The second-order valence-corrected chi connectivity index (χ2v) is 10.8. The van der Waals surface area contributed by atoms with Crippen molar-refractivity contribution >= 4 is 44.8 Å². The summed E-state index contributed by atoms with van der Waals surface area (Å²) < 4.78 is 27.2. The van der Waals surface area contributed by atoms with Crippen molar-refractivity contribution in [2.24, 2.45) is 5.41 Å². The third-order valence-corrected chi connectivity index (χ3v) is 7.32. The number of carbonyl (C=O) groups is 2.